The first-order valence-electron chi connectivity index (χ1n) is 13.2. The highest BCUT2D eigenvalue weighted by Gasteiger charge is 2.69. The third kappa shape index (κ3) is 2.68. The quantitative estimate of drug-likeness (QED) is 0.380. The van der Waals surface area contributed by atoms with Crippen molar-refractivity contribution < 1.29 is 9.47 Å². The molecule has 0 radical (unpaired) electrons. The van der Waals surface area contributed by atoms with Gasteiger partial charge in [-0.05, 0) is 104 Å². The van der Waals surface area contributed by atoms with Gasteiger partial charge in [-0.2, -0.15) is 0 Å². The van der Waals surface area contributed by atoms with Gasteiger partial charge in [-0.1, -0.05) is 27.7 Å². The molecule has 30 heavy (non-hydrogen) atoms. The van der Waals surface area contributed by atoms with Crippen LogP contribution < -0.4 is 0 Å². The van der Waals surface area contributed by atoms with Crippen LogP contribution in [0.1, 0.15) is 91.9 Å². The van der Waals surface area contributed by atoms with Gasteiger partial charge in [0.2, 0.25) is 0 Å². The second-order valence-electron chi connectivity index (χ2n) is 13.0. The normalized spacial score (nSPS) is 62.5. The van der Waals surface area contributed by atoms with E-state index in [4.69, 9.17) is 21.1 Å². The molecule has 12 atom stereocenters. The average molecular weight is 435 g/mol. The lowest BCUT2D eigenvalue weighted by Crippen LogP contribution is -2.54. The molecule has 0 amide bonds. The van der Waals surface area contributed by atoms with E-state index in [0.29, 0.717) is 40.1 Å². The van der Waals surface area contributed by atoms with Gasteiger partial charge >= 0.3 is 0 Å². The van der Waals surface area contributed by atoms with Crippen molar-refractivity contribution in [1.29, 1.82) is 0 Å². The maximum Gasteiger partial charge on any atom is 0.171 e. The van der Waals surface area contributed by atoms with Crippen LogP contribution in [0.4, 0.5) is 0 Å². The zero-order valence-electron chi connectivity index (χ0n) is 19.7. The Balaban J connectivity index is 1.26. The second kappa shape index (κ2) is 6.86. The van der Waals surface area contributed by atoms with Crippen LogP contribution >= 0.6 is 11.6 Å². The smallest absolute Gasteiger partial charge is 0.171 e. The van der Waals surface area contributed by atoms with E-state index in [1.54, 1.807) is 0 Å². The Morgan fingerprint density at radius 2 is 1.63 bits per heavy atom. The molecule has 170 valence electrons. The molecular formula is C27H43ClO2. The minimum absolute atomic E-state index is 0.269. The van der Waals surface area contributed by atoms with Crippen molar-refractivity contribution in [2.45, 2.75) is 109 Å². The molecule has 0 N–H and O–H groups in total. The largest absolute Gasteiger partial charge is 0.349 e. The van der Waals surface area contributed by atoms with Gasteiger partial charge < -0.3 is 9.47 Å². The van der Waals surface area contributed by atoms with E-state index in [9.17, 15) is 0 Å². The summed E-state index contributed by atoms with van der Waals surface area (Å²) in [6.07, 6.45) is 13.7. The second-order valence-corrected chi connectivity index (χ2v) is 13.7. The lowest BCUT2D eigenvalue weighted by Gasteiger charge is -2.61. The average Bonchev–Trinajstić information content (AvgIpc) is 3.16. The van der Waals surface area contributed by atoms with E-state index in [-0.39, 0.29) is 5.79 Å². The van der Waals surface area contributed by atoms with Gasteiger partial charge in [0.15, 0.2) is 5.79 Å². The Morgan fingerprint density at radius 3 is 2.40 bits per heavy atom. The van der Waals surface area contributed by atoms with Crippen LogP contribution in [-0.2, 0) is 9.47 Å². The van der Waals surface area contributed by atoms with Gasteiger partial charge in [0.25, 0.3) is 0 Å². The van der Waals surface area contributed by atoms with Crippen LogP contribution in [-0.4, -0.2) is 23.9 Å². The maximum atomic E-state index is 6.92. The molecular weight excluding hydrogens is 392 g/mol. The molecule has 4 aliphatic carbocycles. The van der Waals surface area contributed by atoms with Crippen LogP contribution in [0.5, 0.6) is 0 Å². The van der Waals surface area contributed by atoms with E-state index < -0.39 is 0 Å². The molecule has 0 aromatic rings. The van der Waals surface area contributed by atoms with Crippen LogP contribution in [0.3, 0.4) is 0 Å². The summed E-state index contributed by atoms with van der Waals surface area (Å²) in [5, 5.41) is 0.433. The van der Waals surface area contributed by atoms with Gasteiger partial charge in [0.1, 0.15) is 0 Å². The molecule has 3 heteroatoms. The van der Waals surface area contributed by atoms with Gasteiger partial charge in [0, 0.05) is 17.7 Å². The maximum absolute atomic E-state index is 6.92. The molecule has 8 unspecified atom stereocenters. The number of ether oxygens (including phenoxy) is 2. The Labute approximate surface area is 189 Å². The highest BCUT2D eigenvalue weighted by Crippen LogP contribution is 2.71. The predicted octanol–water partition coefficient (Wildman–Crippen LogP) is 7.04. The predicted molar refractivity (Wildman–Crippen MR) is 121 cm³/mol. The first-order chi connectivity index (χ1) is 14.3. The fourth-order valence-electron chi connectivity index (χ4n) is 10.2. The van der Waals surface area contributed by atoms with Gasteiger partial charge in [-0.3, -0.25) is 0 Å². The molecule has 1 spiro atoms. The number of hydrogen-bond donors (Lipinski definition) is 0. The zero-order valence-corrected chi connectivity index (χ0v) is 20.4. The molecule has 6 rings (SSSR count). The number of alkyl halides is 1. The molecule has 0 bridgehead atoms. The van der Waals surface area contributed by atoms with E-state index in [1.165, 1.54) is 57.8 Å². The number of halogens is 1. The first kappa shape index (κ1) is 20.8. The van der Waals surface area contributed by atoms with Crippen molar-refractivity contribution >= 4 is 11.6 Å². The molecule has 2 saturated heterocycles. The lowest BCUT2D eigenvalue weighted by atomic mass is 9.44. The monoisotopic (exact) mass is 434 g/mol. The first-order valence-corrected chi connectivity index (χ1v) is 13.7. The minimum atomic E-state index is -0.269. The fourth-order valence-corrected chi connectivity index (χ4v) is 10.5. The summed E-state index contributed by atoms with van der Waals surface area (Å²) in [7, 11) is 0. The van der Waals surface area contributed by atoms with Crippen molar-refractivity contribution in [2.75, 3.05) is 6.61 Å². The van der Waals surface area contributed by atoms with E-state index in [0.717, 1.165) is 36.7 Å². The van der Waals surface area contributed by atoms with Gasteiger partial charge in [-0.15, -0.1) is 11.6 Å². The topological polar surface area (TPSA) is 18.5 Å². The lowest BCUT2D eigenvalue weighted by molar-refractivity contribution is -0.273. The molecule has 2 aliphatic heterocycles. The van der Waals surface area contributed by atoms with Crippen LogP contribution in [0.2, 0.25) is 0 Å². The van der Waals surface area contributed by atoms with Crippen LogP contribution in [0, 0.1) is 52.3 Å². The summed E-state index contributed by atoms with van der Waals surface area (Å²) >= 11 is 6.62. The van der Waals surface area contributed by atoms with Gasteiger partial charge in [-0.25, -0.2) is 0 Å². The third-order valence-corrected chi connectivity index (χ3v) is 12.3. The van der Waals surface area contributed by atoms with Crippen molar-refractivity contribution in [1.82, 2.24) is 0 Å². The van der Waals surface area contributed by atoms with E-state index in [2.05, 4.69) is 27.7 Å². The Morgan fingerprint density at radius 1 is 0.833 bits per heavy atom. The Kier molecular flexibility index (Phi) is 4.75. The Hall–Kier alpha value is 0.210. The molecule has 2 nitrogen and oxygen atoms in total. The SMILES string of the molecule is CC1C2C(CC3C4CCC5C[C@@H](Cl)CC[C@]5(C)C4CC[C@@]32C)OC12CC[C@H](C)CO2. The van der Waals surface area contributed by atoms with Crippen molar-refractivity contribution in [3.8, 4) is 0 Å². The standard InChI is InChI=1S/C27H43ClO2/c1-16-7-12-27(29-15-16)17(2)24-23(30-27)14-22-20-6-5-18-13-19(28)8-10-25(18,3)21(20)9-11-26(22,24)4/h16-24H,5-15H2,1-4H3/t16-,17?,18?,19-,20?,21?,22?,23?,24?,25-,26-,27?/m0/s1. The fraction of sp³-hybridized carbons (Fsp3) is 1.00. The Bertz CT molecular complexity index is 686. The summed E-state index contributed by atoms with van der Waals surface area (Å²) in [6, 6.07) is 0. The number of rotatable bonds is 0. The van der Waals surface area contributed by atoms with Gasteiger partial charge in [0.05, 0.1) is 12.7 Å². The highest BCUT2D eigenvalue weighted by atomic mass is 35.5. The molecule has 0 aromatic heterocycles. The molecule has 6 aliphatic rings. The third-order valence-electron chi connectivity index (χ3n) is 11.9. The zero-order chi connectivity index (χ0) is 20.9. The summed E-state index contributed by atoms with van der Waals surface area (Å²) in [6.45, 7) is 11.0. The summed E-state index contributed by atoms with van der Waals surface area (Å²) in [5.41, 5.74) is 0.998. The summed E-state index contributed by atoms with van der Waals surface area (Å²) in [5.74, 6) is 5.23. The van der Waals surface area contributed by atoms with Crippen LogP contribution in [0.15, 0.2) is 0 Å². The number of fused-ring (bicyclic) bond motifs is 7. The molecule has 6 fully saturated rings. The minimum Gasteiger partial charge on any atom is -0.349 e. The molecule has 2 heterocycles. The van der Waals surface area contributed by atoms with Crippen molar-refractivity contribution in [3.63, 3.8) is 0 Å². The van der Waals surface area contributed by atoms with E-state index >= 15 is 0 Å². The van der Waals surface area contributed by atoms with Crippen molar-refractivity contribution in [3.05, 3.63) is 0 Å². The summed E-state index contributed by atoms with van der Waals surface area (Å²) in [4.78, 5) is 0. The summed E-state index contributed by atoms with van der Waals surface area (Å²) < 4.78 is 13.4. The highest BCUT2D eigenvalue weighted by molar-refractivity contribution is 6.20. The molecule has 0 aromatic carbocycles. The number of hydrogen-bond acceptors (Lipinski definition) is 2. The van der Waals surface area contributed by atoms with E-state index in [1.807, 2.05) is 0 Å². The van der Waals surface area contributed by atoms with Crippen molar-refractivity contribution in [2.24, 2.45) is 52.3 Å². The van der Waals surface area contributed by atoms with Crippen LogP contribution in [0.25, 0.3) is 0 Å². The molecule has 4 saturated carbocycles.